The molecule has 0 bridgehead atoms. The highest BCUT2D eigenvalue weighted by Gasteiger charge is 2.57. The first-order valence-electron chi connectivity index (χ1n) is 9.15. The Bertz CT molecular complexity index is 855. The van der Waals surface area contributed by atoms with Crippen LogP contribution in [0.2, 0.25) is 0 Å². The van der Waals surface area contributed by atoms with Crippen molar-refractivity contribution in [2.24, 2.45) is 11.8 Å². The summed E-state index contributed by atoms with van der Waals surface area (Å²) in [5.41, 5.74) is 1.59. The number of hydrogen-bond donors (Lipinski definition) is 2. The molecule has 2 N–H and O–H groups in total. The van der Waals surface area contributed by atoms with Gasteiger partial charge in [-0.3, -0.25) is 0 Å². The number of ether oxygens (including phenoxy) is 6. The molecule has 0 saturated carbocycles. The highest BCUT2D eigenvalue weighted by molar-refractivity contribution is 5.47. The van der Waals surface area contributed by atoms with Crippen LogP contribution in [0.4, 0.5) is 0 Å². The number of benzene rings is 2. The van der Waals surface area contributed by atoms with E-state index in [0.717, 1.165) is 11.1 Å². The van der Waals surface area contributed by atoms with E-state index in [4.69, 9.17) is 28.4 Å². The molecular formula is C20H18O8. The van der Waals surface area contributed by atoms with Crippen LogP contribution in [-0.4, -0.2) is 36.4 Å². The summed E-state index contributed by atoms with van der Waals surface area (Å²) in [7, 11) is 0. The standard InChI is InChI=1S/C20H18O8/c21-19-15-16(18(28-19)10-2-4-12-14(6-10)26-8-24-12)20(22)27-17(15)9-1-3-11-13(5-9)25-7-23-11/h1-6,15-22H,7-8H2/t15-,16-,17+,18+,19?,20?/m0/s1. The van der Waals surface area contributed by atoms with Gasteiger partial charge in [-0.1, -0.05) is 12.1 Å². The molecule has 0 radical (unpaired) electrons. The molecule has 8 nitrogen and oxygen atoms in total. The molecule has 8 heteroatoms. The molecule has 2 aromatic rings. The molecule has 0 amide bonds. The van der Waals surface area contributed by atoms with Gasteiger partial charge < -0.3 is 38.6 Å². The second-order valence-electron chi connectivity index (χ2n) is 7.27. The van der Waals surface area contributed by atoms with Crippen LogP contribution in [-0.2, 0) is 9.47 Å². The van der Waals surface area contributed by atoms with Gasteiger partial charge in [-0.15, -0.1) is 0 Å². The second kappa shape index (κ2) is 5.99. The van der Waals surface area contributed by atoms with Gasteiger partial charge in [-0.2, -0.15) is 0 Å². The van der Waals surface area contributed by atoms with Crippen LogP contribution in [0.3, 0.4) is 0 Å². The van der Waals surface area contributed by atoms with Gasteiger partial charge in [0.1, 0.15) is 0 Å². The molecule has 0 aliphatic carbocycles. The highest BCUT2D eigenvalue weighted by Crippen LogP contribution is 2.56. The molecular weight excluding hydrogens is 368 g/mol. The molecule has 4 aliphatic rings. The lowest BCUT2D eigenvalue weighted by atomic mass is 9.83. The Morgan fingerprint density at radius 1 is 0.607 bits per heavy atom. The first-order chi connectivity index (χ1) is 13.7. The largest absolute Gasteiger partial charge is 0.454 e. The summed E-state index contributed by atoms with van der Waals surface area (Å²) in [6, 6.07) is 11.0. The predicted octanol–water partition coefficient (Wildman–Crippen LogP) is 1.86. The van der Waals surface area contributed by atoms with Gasteiger partial charge in [0.15, 0.2) is 35.6 Å². The van der Waals surface area contributed by atoms with Crippen molar-refractivity contribution in [3.05, 3.63) is 47.5 Å². The molecule has 2 aromatic carbocycles. The second-order valence-corrected chi connectivity index (χ2v) is 7.27. The summed E-state index contributed by atoms with van der Waals surface area (Å²) >= 11 is 0. The quantitative estimate of drug-likeness (QED) is 0.808. The third-order valence-corrected chi connectivity index (χ3v) is 5.82. The zero-order chi connectivity index (χ0) is 18.8. The van der Waals surface area contributed by atoms with Crippen molar-refractivity contribution in [1.82, 2.24) is 0 Å². The highest BCUT2D eigenvalue weighted by atomic mass is 16.7. The fourth-order valence-corrected chi connectivity index (χ4v) is 4.53. The Morgan fingerprint density at radius 2 is 1.04 bits per heavy atom. The predicted molar refractivity (Wildman–Crippen MR) is 91.8 cm³/mol. The summed E-state index contributed by atoms with van der Waals surface area (Å²) in [6.07, 6.45) is -3.20. The van der Waals surface area contributed by atoms with Crippen molar-refractivity contribution < 1.29 is 38.6 Å². The van der Waals surface area contributed by atoms with Gasteiger partial charge in [0, 0.05) is 0 Å². The molecule has 2 fully saturated rings. The van der Waals surface area contributed by atoms with Crippen molar-refractivity contribution in [2.75, 3.05) is 13.6 Å². The van der Waals surface area contributed by atoms with Crippen LogP contribution < -0.4 is 18.9 Å². The lowest BCUT2D eigenvalue weighted by Crippen LogP contribution is -2.23. The minimum Gasteiger partial charge on any atom is -0.454 e. The van der Waals surface area contributed by atoms with E-state index >= 15 is 0 Å². The third kappa shape index (κ3) is 2.32. The van der Waals surface area contributed by atoms with E-state index in [0.29, 0.717) is 23.0 Å². The fraction of sp³-hybridized carbons (Fsp3) is 0.400. The number of hydrogen-bond acceptors (Lipinski definition) is 8. The number of fused-ring (bicyclic) bond motifs is 3. The van der Waals surface area contributed by atoms with Crippen LogP contribution in [0.5, 0.6) is 23.0 Å². The SMILES string of the molecule is OC1O[C@H](c2ccc3c(c2)OCO3)[C@H]2C(O)O[C@H](c3ccc4c(c3)OCO4)[C@@H]12. The van der Waals surface area contributed by atoms with Crippen LogP contribution in [0, 0.1) is 11.8 Å². The average molecular weight is 386 g/mol. The minimum absolute atomic E-state index is 0.177. The summed E-state index contributed by atoms with van der Waals surface area (Å²) in [6.45, 7) is 0.355. The Morgan fingerprint density at radius 3 is 1.50 bits per heavy atom. The van der Waals surface area contributed by atoms with Gasteiger partial charge in [0.05, 0.1) is 24.0 Å². The Balaban J connectivity index is 1.33. The monoisotopic (exact) mass is 386 g/mol. The molecule has 146 valence electrons. The van der Waals surface area contributed by atoms with Gasteiger partial charge in [0.2, 0.25) is 13.6 Å². The van der Waals surface area contributed by atoms with E-state index in [1.807, 2.05) is 24.3 Å². The zero-order valence-corrected chi connectivity index (χ0v) is 14.7. The molecule has 28 heavy (non-hydrogen) atoms. The van der Waals surface area contributed by atoms with Gasteiger partial charge in [-0.05, 0) is 35.4 Å². The van der Waals surface area contributed by atoms with Crippen molar-refractivity contribution in [2.45, 2.75) is 24.8 Å². The first kappa shape index (κ1) is 16.4. The Kier molecular flexibility index (Phi) is 3.51. The lowest BCUT2D eigenvalue weighted by Gasteiger charge is -2.20. The molecule has 6 rings (SSSR count). The Hall–Kier alpha value is -2.52. The molecule has 6 atom stereocenters. The van der Waals surface area contributed by atoms with Gasteiger partial charge in [0.25, 0.3) is 0 Å². The molecule has 2 unspecified atom stereocenters. The van der Waals surface area contributed by atoms with Crippen molar-refractivity contribution in [1.29, 1.82) is 0 Å². The topological polar surface area (TPSA) is 95.8 Å². The maximum Gasteiger partial charge on any atom is 0.231 e. The first-order valence-corrected chi connectivity index (χ1v) is 9.15. The summed E-state index contributed by atoms with van der Waals surface area (Å²) in [5, 5.41) is 21.3. The number of rotatable bonds is 2. The zero-order valence-electron chi connectivity index (χ0n) is 14.7. The maximum absolute atomic E-state index is 10.6. The fourth-order valence-electron chi connectivity index (χ4n) is 4.53. The molecule has 4 aliphatic heterocycles. The lowest BCUT2D eigenvalue weighted by molar-refractivity contribution is -0.173. The van der Waals surface area contributed by atoms with E-state index in [9.17, 15) is 10.2 Å². The van der Waals surface area contributed by atoms with Crippen LogP contribution in [0.15, 0.2) is 36.4 Å². The summed E-state index contributed by atoms with van der Waals surface area (Å²) < 4.78 is 33.3. The normalized spacial score (nSPS) is 34.6. The molecule has 2 saturated heterocycles. The van der Waals surface area contributed by atoms with Crippen LogP contribution in [0.25, 0.3) is 0 Å². The van der Waals surface area contributed by atoms with E-state index in [2.05, 4.69) is 0 Å². The molecule has 0 spiro atoms. The van der Waals surface area contributed by atoms with Gasteiger partial charge >= 0.3 is 0 Å². The van der Waals surface area contributed by atoms with E-state index in [-0.39, 0.29) is 13.6 Å². The Labute approximate surface area is 160 Å². The summed E-state index contributed by atoms with van der Waals surface area (Å²) in [5.74, 6) is 1.73. The van der Waals surface area contributed by atoms with E-state index in [1.54, 1.807) is 12.1 Å². The summed E-state index contributed by atoms with van der Waals surface area (Å²) in [4.78, 5) is 0. The van der Waals surface area contributed by atoms with Crippen molar-refractivity contribution >= 4 is 0 Å². The third-order valence-electron chi connectivity index (χ3n) is 5.82. The van der Waals surface area contributed by atoms with Crippen molar-refractivity contribution in [3.63, 3.8) is 0 Å². The average Bonchev–Trinajstić information content (AvgIpc) is 3.46. The number of aliphatic hydroxyl groups excluding tert-OH is 2. The van der Waals surface area contributed by atoms with E-state index < -0.39 is 36.6 Å². The number of aliphatic hydroxyl groups is 2. The maximum atomic E-state index is 10.6. The van der Waals surface area contributed by atoms with Crippen LogP contribution >= 0.6 is 0 Å². The van der Waals surface area contributed by atoms with Gasteiger partial charge in [-0.25, -0.2) is 0 Å². The van der Waals surface area contributed by atoms with Crippen LogP contribution in [0.1, 0.15) is 23.3 Å². The molecule has 0 aromatic heterocycles. The smallest absolute Gasteiger partial charge is 0.231 e. The van der Waals surface area contributed by atoms with Crippen molar-refractivity contribution in [3.8, 4) is 23.0 Å². The van der Waals surface area contributed by atoms with E-state index in [1.165, 1.54) is 0 Å². The minimum atomic E-state index is -1.08. The molecule has 4 heterocycles.